The first-order chi connectivity index (χ1) is 6.65. The van der Waals surface area contributed by atoms with Crippen LogP contribution in [0.4, 0.5) is 5.82 Å². The highest BCUT2D eigenvalue weighted by molar-refractivity contribution is 9.10. The summed E-state index contributed by atoms with van der Waals surface area (Å²) in [4.78, 5) is 7.96. The molecule has 0 aliphatic heterocycles. The number of anilines is 1. The third kappa shape index (κ3) is 2.71. The number of hydrogen-bond donors (Lipinski definition) is 1. The highest BCUT2D eigenvalue weighted by Crippen LogP contribution is 2.19. The molecular formula is C10H12BrN3. The van der Waals surface area contributed by atoms with E-state index in [1.54, 1.807) is 6.20 Å². The maximum atomic E-state index is 5.40. The van der Waals surface area contributed by atoms with Gasteiger partial charge in [0.25, 0.3) is 0 Å². The van der Waals surface area contributed by atoms with E-state index in [1.807, 2.05) is 0 Å². The average Bonchev–Trinajstić information content (AvgIpc) is 2.16. The average molecular weight is 254 g/mol. The molecule has 0 aliphatic carbocycles. The third-order valence-electron chi connectivity index (χ3n) is 1.81. The number of aromatic nitrogens is 2. The molecule has 14 heavy (non-hydrogen) atoms. The first-order valence-electron chi connectivity index (χ1n) is 4.33. The minimum Gasteiger partial charge on any atom is -0.355 e. The molecule has 0 saturated carbocycles. The van der Waals surface area contributed by atoms with Gasteiger partial charge in [0.05, 0.1) is 10.5 Å². The summed E-state index contributed by atoms with van der Waals surface area (Å²) in [5.74, 6) is 3.78. The summed E-state index contributed by atoms with van der Waals surface area (Å²) in [6.07, 6.45) is 8.57. The van der Waals surface area contributed by atoms with Gasteiger partial charge in [-0.15, -0.1) is 6.42 Å². The standard InChI is InChI=1S/C10H12BrN3/c1-4-9(7(2)3)14-10-8(11)5-12-6-13-10/h1,5-7,9H,2-3H3,(H,12,13,14). The topological polar surface area (TPSA) is 37.8 Å². The van der Waals surface area contributed by atoms with E-state index >= 15 is 0 Å². The van der Waals surface area contributed by atoms with Crippen LogP contribution in [0, 0.1) is 18.3 Å². The zero-order valence-corrected chi connectivity index (χ0v) is 9.75. The summed E-state index contributed by atoms with van der Waals surface area (Å²) in [5.41, 5.74) is 0. The smallest absolute Gasteiger partial charge is 0.144 e. The Morgan fingerprint density at radius 1 is 1.57 bits per heavy atom. The van der Waals surface area contributed by atoms with Gasteiger partial charge in [0.15, 0.2) is 0 Å². The van der Waals surface area contributed by atoms with Crippen LogP contribution in [0.5, 0.6) is 0 Å². The van der Waals surface area contributed by atoms with Crippen molar-refractivity contribution in [3.05, 3.63) is 17.0 Å². The summed E-state index contributed by atoms with van der Waals surface area (Å²) in [6.45, 7) is 4.12. The quantitative estimate of drug-likeness (QED) is 0.841. The summed E-state index contributed by atoms with van der Waals surface area (Å²) >= 11 is 3.35. The second-order valence-corrected chi connectivity index (χ2v) is 4.11. The fraction of sp³-hybridized carbons (Fsp3) is 0.400. The van der Waals surface area contributed by atoms with Crippen LogP contribution >= 0.6 is 15.9 Å². The number of nitrogens with zero attached hydrogens (tertiary/aromatic N) is 2. The molecule has 74 valence electrons. The molecule has 1 aromatic rings. The number of rotatable bonds is 3. The van der Waals surface area contributed by atoms with Gasteiger partial charge in [0, 0.05) is 6.20 Å². The van der Waals surface area contributed by atoms with Gasteiger partial charge >= 0.3 is 0 Å². The predicted molar refractivity (Wildman–Crippen MR) is 60.8 cm³/mol. The van der Waals surface area contributed by atoms with Crippen LogP contribution in [0.2, 0.25) is 0 Å². The van der Waals surface area contributed by atoms with Crippen molar-refractivity contribution < 1.29 is 0 Å². The van der Waals surface area contributed by atoms with Gasteiger partial charge in [0.1, 0.15) is 12.1 Å². The second kappa shape index (κ2) is 4.97. The Morgan fingerprint density at radius 2 is 2.29 bits per heavy atom. The van der Waals surface area contributed by atoms with Crippen molar-refractivity contribution in [3.8, 4) is 12.3 Å². The summed E-state index contributed by atoms with van der Waals surface area (Å²) in [7, 11) is 0. The molecule has 0 aliphatic rings. The molecule has 0 amide bonds. The summed E-state index contributed by atoms with van der Waals surface area (Å²) in [5, 5.41) is 3.16. The molecule has 1 heterocycles. The normalized spacial score (nSPS) is 12.2. The minimum absolute atomic E-state index is 0.0128. The highest BCUT2D eigenvalue weighted by Gasteiger charge is 2.11. The molecule has 0 saturated heterocycles. The van der Waals surface area contributed by atoms with Gasteiger partial charge in [-0.25, -0.2) is 9.97 Å². The van der Waals surface area contributed by atoms with Gasteiger partial charge in [-0.3, -0.25) is 0 Å². The lowest BCUT2D eigenvalue weighted by Crippen LogP contribution is -2.24. The van der Waals surface area contributed by atoms with Gasteiger partial charge in [-0.1, -0.05) is 19.8 Å². The van der Waals surface area contributed by atoms with E-state index in [1.165, 1.54) is 6.33 Å². The molecule has 0 bridgehead atoms. The Bertz CT molecular complexity index is 343. The van der Waals surface area contributed by atoms with Crippen molar-refractivity contribution in [3.63, 3.8) is 0 Å². The number of nitrogens with one attached hydrogen (secondary N) is 1. The number of halogens is 1. The Labute approximate surface area is 92.5 Å². The van der Waals surface area contributed by atoms with E-state index < -0.39 is 0 Å². The van der Waals surface area contributed by atoms with Gasteiger partial charge in [-0.05, 0) is 21.8 Å². The molecule has 1 rings (SSSR count). The first kappa shape index (κ1) is 11.0. The van der Waals surface area contributed by atoms with Crippen molar-refractivity contribution >= 4 is 21.7 Å². The second-order valence-electron chi connectivity index (χ2n) is 3.25. The van der Waals surface area contributed by atoms with Crippen LogP contribution < -0.4 is 5.32 Å². The van der Waals surface area contributed by atoms with Crippen molar-refractivity contribution in [2.24, 2.45) is 5.92 Å². The van der Waals surface area contributed by atoms with E-state index in [2.05, 4.69) is 51.0 Å². The summed E-state index contributed by atoms with van der Waals surface area (Å²) in [6, 6.07) is -0.0128. The SMILES string of the molecule is C#CC(Nc1ncncc1Br)C(C)C. The zero-order valence-electron chi connectivity index (χ0n) is 8.16. The zero-order chi connectivity index (χ0) is 10.6. The largest absolute Gasteiger partial charge is 0.355 e. The van der Waals surface area contributed by atoms with Crippen LogP contribution in [-0.2, 0) is 0 Å². The molecule has 3 nitrogen and oxygen atoms in total. The van der Waals surface area contributed by atoms with E-state index in [4.69, 9.17) is 6.42 Å². The molecular weight excluding hydrogens is 242 g/mol. The lowest BCUT2D eigenvalue weighted by molar-refractivity contribution is 0.612. The maximum Gasteiger partial charge on any atom is 0.144 e. The van der Waals surface area contributed by atoms with Crippen LogP contribution in [0.3, 0.4) is 0 Å². The van der Waals surface area contributed by atoms with Crippen molar-refractivity contribution in [1.29, 1.82) is 0 Å². The monoisotopic (exact) mass is 253 g/mol. The Morgan fingerprint density at radius 3 is 2.79 bits per heavy atom. The van der Waals surface area contributed by atoms with Gasteiger partial charge in [-0.2, -0.15) is 0 Å². The fourth-order valence-corrected chi connectivity index (χ4v) is 1.30. The van der Waals surface area contributed by atoms with Crippen molar-refractivity contribution in [1.82, 2.24) is 9.97 Å². The molecule has 0 aromatic carbocycles. The van der Waals surface area contributed by atoms with E-state index in [0.29, 0.717) is 5.92 Å². The van der Waals surface area contributed by atoms with E-state index in [9.17, 15) is 0 Å². The fourth-order valence-electron chi connectivity index (χ4n) is 0.967. The minimum atomic E-state index is -0.0128. The Hall–Kier alpha value is -1.08. The molecule has 1 atom stereocenters. The molecule has 0 radical (unpaired) electrons. The van der Waals surface area contributed by atoms with Crippen LogP contribution in [0.15, 0.2) is 17.0 Å². The summed E-state index contributed by atoms with van der Waals surface area (Å²) < 4.78 is 0.820. The van der Waals surface area contributed by atoms with Crippen LogP contribution in [0.1, 0.15) is 13.8 Å². The molecule has 1 unspecified atom stereocenters. The molecule has 4 heteroatoms. The van der Waals surface area contributed by atoms with E-state index in [0.717, 1.165) is 10.3 Å². The molecule has 1 N–H and O–H groups in total. The molecule has 1 aromatic heterocycles. The Balaban J connectivity index is 2.78. The predicted octanol–water partition coefficient (Wildman–Crippen LogP) is 2.31. The number of terminal acetylenes is 1. The third-order valence-corrected chi connectivity index (χ3v) is 2.39. The van der Waals surface area contributed by atoms with Crippen LogP contribution in [0.25, 0.3) is 0 Å². The maximum absolute atomic E-state index is 5.40. The van der Waals surface area contributed by atoms with E-state index in [-0.39, 0.29) is 6.04 Å². The number of hydrogen-bond acceptors (Lipinski definition) is 3. The Kier molecular flexibility index (Phi) is 3.90. The van der Waals surface area contributed by atoms with Crippen LogP contribution in [-0.4, -0.2) is 16.0 Å². The molecule has 0 fully saturated rings. The molecule has 0 spiro atoms. The lowest BCUT2D eigenvalue weighted by atomic mass is 10.1. The van der Waals surface area contributed by atoms with Gasteiger partial charge in [0.2, 0.25) is 0 Å². The van der Waals surface area contributed by atoms with Gasteiger partial charge < -0.3 is 5.32 Å². The highest BCUT2D eigenvalue weighted by atomic mass is 79.9. The van der Waals surface area contributed by atoms with Crippen molar-refractivity contribution in [2.75, 3.05) is 5.32 Å². The van der Waals surface area contributed by atoms with Crippen molar-refractivity contribution in [2.45, 2.75) is 19.9 Å². The first-order valence-corrected chi connectivity index (χ1v) is 5.12. The lowest BCUT2D eigenvalue weighted by Gasteiger charge is -2.17.